The molecule has 7 heteroatoms. The van der Waals surface area contributed by atoms with Crippen LogP contribution in [-0.4, -0.2) is 29.0 Å². The molecule has 6 nitrogen and oxygen atoms in total. The van der Waals surface area contributed by atoms with Gasteiger partial charge in [-0.05, 0) is 37.8 Å². The summed E-state index contributed by atoms with van der Waals surface area (Å²) in [4.78, 5) is 22.9. The Balaban J connectivity index is 1.75. The molecule has 2 atom stereocenters. The van der Waals surface area contributed by atoms with Crippen LogP contribution in [0.15, 0.2) is 22.7 Å². The summed E-state index contributed by atoms with van der Waals surface area (Å²) in [5.41, 5.74) is -0.0483. The first-order valence-electron chi connectivity index (χ1n) is 7.04. The summed E-state index contributed by atoms with van der Waals surface area (Å²) in [6.45, 7) is 0. The van der Waals surface area contributed by atoms with Crippen molar-refractivity contribution < 1.29 is 9.72 Å². The van der Waals surface area contributed by atoms with E-state index in [-0.39, 0.29) is 23.2 Å². The summed E-state index contributed by atoms with van der Waals surface area (Å²) in [5, 5.41) is 17.5. The highest BCUT2D eigenvalue weighted by Gasteiger charge is 2.34. The number of hydrogen-bond acceptors (Lipinski definition) is 4. The van der Waals surface area contributed by atoms with E-state index in [1.54, 1.807) is 6.07 Å². The topological polar surface area (TPSA) is 84.3 Å². The quantitative estimate of drug-likeness (QED) is 0.645. The highest BCUT2D eigenvalue weighted by atomic mass is 79.9. The van der Waals surface area contributed by atoms with E-state index >= 15 is 0 Å². The molecule has 21 heavy (non-hydrogen) atoms. The lowest BCUT2D eigenvalue weighted by Gasteiger charge is -2.29. The van der Waals surface area contributed by atoms with E-state index in [2.05, 4.69) is 26.6 Å². The predicted octanol–water partition coefficient (Wildman–Crippen LogP) is 2.37. The van der Waals surface area contributed by atoms with Crippen molar-refractivity contribution in [3.63, 3.8) is 0 Å². The predicted molar refractivity (Wildman–Crippen MR) is 81.2 cm³/mol. The standard InChI is InChI=1S/C14H16BrN3O3/c15-8-1-4-12(13(5-8)18(20)21)14(19)17-11-6-9-2-3-10(7-11)16-9/h1,4-5,9-11,16H,2-3,6-7H2,(H,17,19). The van der Waals surface area contributed by atoms with Gasteiger partial charge in [-0.25, -0.2) is 0 Å². The molecule has 2 fully saturated rings. The molecule has 2 bridgehead atoms. The lowest BCUT2D eigenvalue weighted by molar-refractivity contribution is -0.385. The number of carbonyl (C=O) groups is 1. The van der Waals surface area contributed by atoms with Gasteiger partial charge >= 0.3 is 0 Å². The molecule has 2 unspecified atom stereocenters. The largest absolute Gasteiger partial charge is 0.349 e. The number of fused-ring (bicyclic) bond motifs is 2. The number of amides is 1. The summed E-state index contributed by atoms with van der Waals surface area (Å²) in [6, 6.07) is 5.53. The van der Waals surface area contributed by atoms with Crippen LogP contribution in [0.2, 0.25) is 0 Å². The third-order valence-corrected chi connectivity index (χ3v) is 4.70. The van der Waals surface area contributed by atoms with Crippen LogP contribution in [0, 0.1) is 10.1 Å². The molecule has 2 saturated heterocycles. The fraction of sp³-hybridized carbons (Fsp3) is 0.500. The van der Waals surface area contributed by atoms with Gasteiger partial charge in [0.2, 0.25) is 0 Å². The lowest BCUT2D eigenvalue weighted by atomic mass is 9.99. The van der Waals surface area contributed by atoms with Gasteiger partial charge in [0.15, 0.2) is 0 Å². The molecule has 2 N–H and O–H groups in total. The van der Waals surface area contributed by atoms with E-state index in [0.717, 1.165) is 25.7 Å². The first-order chi connectivity index (χ1) is 10.0. The zero-order valence-corrected chi connectivity index (χ0v) is 12.9. The molecule has 2 aliphatic heterocycles. The van der Waals surface area contributed by atoms with Crippen molar-refractivity contribution in [1.29, 1.82) is 0 Å². The molecular formula is C14H16BrN3O3. The number of nitrogens with zero attached hydrogens (tertiary/aromatic N) is 1. The van der Waals surface area contributed by atoms with Crippen LogP contribution in [0.4, 0.5) is 5.69 Å². The molecule has 0 aliphatic carbocycles. The number of benzene rings is 1. The first kappa shape index (κ1) is 14.5. The van der Waals surface area contributed by atoms with Crippen LogP contribution >= 0.6 is 15.9 Å². The third kappa shape index (κ3) is 3.08. The Hall–Kier alpha value is -1.47. The second kappa shape index (κ2) is 5.73. The zero-order valence-electron chi connectivity index (χ0n) is 11.3. The van der Waals surface area contributed by atoms with Crippen molar-refractivity contribution in [2.75, 3.05) is 0 Å². The van der Waals surface area contributed by atoms with Gasteiger partial charge in [0.1, 0.15) is 5.56 Å². The van der Waals surface area contributed by atoms with Gasteiger partial charge in [-0.1, -0.05) is 15.9 Å². The molecular weight excluding hydrogens is 338 g/mol. The Morgan fingerprint density at radius 3 is 2.62 bits per heavy atom. The van der Waals surface area contributed by atoms with Gasteiger partial charge in [-0.3, -0.25) is 14.9 Å². The molecule has 0 saturated carbocycles. The zero-order chi connectivity index (χ0) is 15.0. The molecule has 0 spiro atoms. The fourth-order valence-electron chi connectivity index (χ4n) is 3.29. The number of halogens is 1. The van der Waals surface area contributed by atoms with Gasteiger partial charge in [-0.15, -0.1) is 0 Å². The highest BCUT2D eigenvalue weighted by Crippen LogP contribution is 2.28. The second-order valence-electron chi connectivity index (χ2n) is 5.70. The smallest absolute Gasteiger partial charge is 0.283 e. The second-order valence-corrected chi connectivity index (χ2v) is 6.61. The summed E-state index contributed by atoms with van der Waals surface area (Å²) in [5.74, 6) is -0.361. The average Bonchev–Trinajstić information content (AvgIpc) is 2.77. The maximum atomic E-state index is 12.3. The molecule has 2 heterocycles. The van der Waals surface area contributed by atoms with Crippen LogP contribution < -0.4 is 10.6 Å². The van der Waals surface area contributed by atoms with Gasteiger partial charge in [-0.2, -0.15) is 0 Å². The molecule has 0 aromatic heterocycles. The molecule has 0 radical (unpaired) electrons. The minimum absolute atomic E-state index is 0.0968. The fourth-order valence-corrected chi connectivity index (χ4v) is 3.64. The van der Waals surface area contributed by atoms with E-state index in [4.69, 9.17) is 0 Å². The molecule has 2 aliphatic rings. The van der Waals surface area contributed by atoms with Gasteiger partial charge in [0.05, 0.1) is 4.92 Å². The normalized spacial score (nSPS) is 27.4. The number of carbonyl (C=O) groups excluding carboxylic acids is 1. The monoisotopic (exact) mass is 353 g/mol. The van der Waals surface area contributed by atoms with Crippen molar-refractivity contribution >= 4 is 27.5 Å². The van der Waals surface area contributed by atoms with E-state index in [0.29, 0.717) is 16.6 Å². The number of hydrogen-bond donors (Lipinski definition) is 2. The Labute approximate surface area is 130 Å². The van der Waals surface area contributed by atoms with Gasteiger partial charge in [0, 0.05) is 28.7 Å². The minimum Gasteiger partial charge on any atom is -0.349 e. The molecule has 112 valence electrons. The third-order valence-electron chi connectivity index (χ3n) is 4.21. The highest BCUT2D eigenvalue weighted by molar-refractivity contribution is 9.10. The summed E-state index contributed by atoms with van der Waals surface area (Å²) in [7, 11) is 0. The molecule has 3 rings (SSSR count). The SMILES string of the molecule is O=C(NC1CC2CCC(C1)N2)c1ccc(Br)cc1[N+](=O)[O-]. The number of piperidine rings is 1. The summed E-state index contributed by atoms with van der Waals surface area (Å²) in [6.07, 6.45) is 4.09. The Morgan fingerprint density at radius 2 is 2.00 bits per heavy atom. The Morgan fingerprint density at radius 1 is 1.33 bits per heavy atom. The first-order valence-corrected chi connectivity index (χ1v) is 7.83. The lowest BCUT2D eigenvalue weighted by Crippen LogP contribution is -2.48. The van der Waals surface area contributed by atoms with Crippen LogP contribution in [0.3, 0.4) is 0 Å². The van der Waals surface area contributed by atoms with Gasteiger partial charge in [0.25, 0.3) is 11.6 Å². The molecule has 1 aromatic rings. The number of nitro groups is 1. The van der Waals surface area contributed by atoms with Crippen molar-refractivity contribution in [2.45, 2.75) is 43.8 Å². The van der Waals surface area contributed by atoms with E-state index in [1.165, 1.54) is 12.1 Å². The molecule has 1 aromatic carbocycles. The average molecular weight is 354 g/mol. The number of rotatable bonds is 3. The van der Waals surface area contributed by atoms with Crippen LogP contribution in [0.25, 0.3) is 0 Å². The van der Waals surface area contributed by atoms with Crippen molar-refractivity contribution in [2.24, 2.45) is 0 Å². The van der Waals surface area contributed by atoms with E-state index < -0.39 is 4.92 Å². The molecule has 1 amide bonds. The Bertz CT molecular complexity index is 581. The van der Waals surface area contributed by atoms with Crippen molar-refractivity contribution in [3.8, 4) is 0 Å². The van der Waals surface area contributed by atoms with Crippen molar-refractivity contribution in [1.82, 2.24) is 10.6 Å². The van der Waals surface area contributed by atoms with Gasteiger partial charge < -0.3 is 10.6 Å². The van der Waals surface area contributed by atoms with Crippen LogP contribution in [-0.2, 0) is 0 Å². The van der Waals surface area contributed by atoms with Crippen LogP contribution in [0.5, 0.6) is 0 Å². The van der Waals surface area contributed by atoms with Crippen molar-refractivity contribution in [3.05, 3.63) is 38.3 Å². The van der Waals surface area contributed by atoms with Crippen LogP contribution in [0.1, 0.15) is 36.0 Å². The minimum atomic E-state index is -0.522. The van der Waals surface area contributed by atoms with E-state index in [9.17, 15) is 14.9 Å². The van der Waals surface area contributed by atoms with E-state index in [1.807, 2.05) is 0 Å². The number of nitro benzene ring substituents is 1. The summed E-state index contributed by atoms with van der Waals surface area (Å²) < 4.78 is 0.589. The number of nitrogens with one attached hydrogen (secondary N) is 2. The maximum Gasteiger partial charge on any atom is 0.283 e. The summed E-state index contributed by atoms with van der Waals surface area (Å²) >= 11 is 3.19. The maximum absolute atomic E-state index is 12.3. The Kier molecular flexibility index (Phi) is 3.95.